The molecule has 0 spiro atoms. The number of amidine groups is 2. The Morgan fingerprint density at radius 1 is 1.17 bits per heavy atom. The van der Waals surface area contributed by atoms with Crippen LogP contribution < -0.4 is 5.73 Å². The van der Waals surface area contributed by atoms with Crippen molar-refractivity contribution in [3.63, 3.8) is 0 Å². The second-order valence-electron chi connectivity index (χ2n) is 4.69. The van der Waals surface area contributed by atoms with Gasteiger partial charge in [0.25, 0.3) is 0 Å². The molecule has 3 rings (SSSR count). The van der Waals surface area contributed by atoms with Crippen molar-refractivity contribution in [2.75, 3.05) is 0 Å². The van der Waals surface area contributed by atoms with Gasteiger partial charge in [-0.05, 0) is 6.07 Å². The minimum atomic E-state index is -0.315. The average molecular weight is 340 g/mol. The molecule has 8 heteroatoms. The number of hydrogen-bond acceptors (Lipinski definition) is 5. The smallest absolute Gasteiger partial charge is 0.176 e. The topological polar surface area (TPSA) is 89.4 Å². The van der Waals surface area contributed by atoms with Gasteiger partial charge in [-0.25, -0.2) is 19.4 Å². The molecule has 0 atom stereocenters. The van der Waals surface area contributed by atoms with E-state index in [0.717, 1.165) is 0 Å². The predicted octanol–water partition coefficient (Wildman–Crippen LogP) is 2.42. The molecule has 24 heavy (non-hydrogen) atoms. The maximum Gasteiger partial charge on any atom is 0.176 e. The van der Waals surface area contributed by atoms with Crippen LogP contribution in [0.3, 0.4) is 0 Å². The molecule has 0 aliphatic rings. The van der Waals surface area contributed by atoms with Crippen LogP contribution in [0.15, 0.2) is 63.7 Å². The van der Waals surface area contributed by atoms with Crippen LogP contribution in [0.1, 0.15) is 17.0 Å². The molecule has 0 amide bonds. The fourth-order valence-corrected chi connectivity index (χ4v) is 2.42. The van der Waals surface area contributed by atoms with E-state index in [1.165, 1.54) is 29.8 Å². The SMILES string of the molecule is NC(=NC(=NCc1ccccc1F)c1cscn1)c1cnccn1. The number of aromatic nitrogens is 3. The second-order valence-corrected chi connectivity index (χ2v) is 5.41. The Bertz CT molecular complexity index is 861. The first-order valence-electron chi connectivity index (χ1n) is 7.01. The van der Waals surface area contributed by atoms with Crippen molar-refractivity contribution in [1.82, 2.24) is 15.0 Å². The monoisotopic (exact) mass is 340 g/mol. The predicted molar refractivity (Wildman–Crippen MR) is 91.5 cm³/mol. The summed E-state index contributed by atoms with van der Waals surface area (Å²) in [6.45, 7) is 0.136. The zero-order valence-electron chi connectivity index (χ0n) is 12.5. The maximum absolute atomic E-state index is 13.7. The van der Waals surface area contributed by atoms with Crippen LogP contribution in [0, 0.1) is 5.82 Å². The van der Waals surface area contributed by atoms with Gasteiger partial charge in [0.2, 0.25) is 0 Å². The van der Waals surface area contributed by atoms with Crippen molar-refractivity contribution in [1.29, 1.82) is 0 Å². The average Bonchev–Trinajstić information content (AvgIpc) is 3.15. The number of thiazole rings is 1. The normalized spacial score (nSPS) is 12.4. The summed E-state index contributed by atoms with van der Waals surface area (Å²) in [5.74, 6) is 0.177. The molecule has 3 aromatic rings. The molecule has 0 unspecified atom stereocenters. The molecule has 0 fully saturated rings. The summed E-state index contributed by atoms with van der Waals surface area (Å²) in [6.07, 6.45) is 4.58. The first-order chi connectivity index (χ1) is 11.7. The van der Waals surface area contributed by atoms with Gasteiger partial charge in [0, 0.05) is 23.3 Å². The van der Waals surface area contributed by atoms with Gasteiger partial charge in [0.15, 0.2) is 11.7 Å². The molecule has 6 nitrogen and oxygen atoms in total. The second kappa shape index (κ2) is 7.51. The lowest BCUT2D eigenvalue weighted by molar-refractivity contribution is 0.611. The lowest BCUT2D eigenvalue weighted by atomic mass is 10.2. The van der Waals surface area contributed by atoms with Gasteiger partial charge in [0.05, 0.1) is 18.3 Å². The van der Waals surface area contributed by atoms with Gasteiger partial charge in [0.1, 0.15) is 17.2 Å². The van der Waals surface area contributed by atoms with Crippen LogP contribution in [0.5, 0.6) is 0 Å². The number of rotatable bonds is 4. The number of nitrogens with two attached hydrogens (primary N) is 1. The molecule has 0 radical (unpaired) electrons. The van der Waals surface area contributed by atoms with Gasteiger partial charge >= 0.3 is 0 Å². The number of benzene rings is 1. The molecular formula is C16H13FN6S. The van der Waals surface area contributed by atoms with E-state index in [4.69, 9.17) is 5.73 Å². The minimum Gasteiger partial charge on any atom is -0.382 e. The molecule has 0 bridgehead atoms. The van der Waals surface area contributed by atoms with E-state index in [2.05, 4.69) is 24.9 Å². The van der Waals surface area contributed by atoms with Gasteiger partial charge in [-0.2, -0.15) is 0 Å². The summed E-state index contributed by atoms with van der Waals surface area (Å²) in [4.78, 5) is 20.9. The molecule has 1 aromatic carbocycles. The van der Waals surface area contributed by atoms with Crippen LogP contribution in [0.2, 0.25) is 0 Å². The number of aliphatic imine (C=N–C) groups is 2. The fraction of sp³-hybridized carbons (Fsp3) is 0.0625. The fourth-order valence-electron chi connectivity index (χ4n) is 1.89. The van der Waals surface area contributed by atoms with Crippen LogP contribution in [-0.2, 0) is 6.54 Å². The number of hydrogen-bond donors (Lipinski definition) is 1. The van der Waals surface area contributed by atoms with Crippen molar-refractivity contribution >= 4 is 23.0 Å². The zero-order chi connectivity index (χ0) is 16.8. The molecule has 2 heterocycles. The third-order valence-corrected chi connectivity index (χ3v) is 3.66. The van der Waals surface area contributed by atoms with E-state index < -0.39 is 0 Å². The molecule has 0 aliphatic heterocycles. The van der Waals surface area contributed by atoms with Gasteiger partial charge in [-0.1, -0.05) is 18.2 Å². The third kappa shape index (κ3) is 3.85. The van der Waals surface area contributed by atoms with Gasteiger partial charge in [-0.15, -0.1) is 11.3 Å². The summed E-state index contributed by atoms with van der Waals surface area (Å²) >= 11 is 1.41. The molecule has 2 aromatic heterocycles. The van der Waals surface area contributed by atoms with Gasteiger partial charge in [-0.3, -0.25) is 9.98 Å². The van der Waals surface area contributed by atoms with E-state index in [1.54, 1.807) is 35.3 Å². The maximum atomic E-state index is 13.7. The van der Waals surface area contributed by atoms with Crippen LogP contribution in [-0.4, -0.2) is 26.6 Å². The summed E-state index contributed by atoms with van der Waals surface area (Å²) in [7, 11) is 0. The van der Waals surface area contributed by atoms with Crippen molar-refractivity contribution in [2.24, 2.45) is 15.7 Å². The summed E-state index contributed by atoms with van der Waals surface area (Å²) in [6, 6.07) is 6.46. The van der Waals surface area contributed by atoms with E-state index in [-0.39, 0.29) is 18.2 Å². The van der Waals surface area contributed by atoms with E-state index in [0.29, 0.717) is 22.8 Å². The molecule has 0 saturated heterocycles. The Balaban J connectivity index is 1.93. The Morgan fingerprint density at radius 2 is 2.04 bits per heavy atom. The highest BCUT2D eigenvalue weighted by molar-refractivity contribution is 7.07. The number of nitrogens with zero attached hydrogens (tertiary/aromatic N) is 5. The zero-order valence-corrected chi connectivity index (χ0v) is 13.3. The number of halogens is 1. The third-order valence-electron chi connectivity index (χ3n) is 3.07. The van der Waals surface area contributed by atoms with Gasteiger partial charge < -0.3 is 5.73 Å². The highest BCUT2D eigenvalue weighted by Crippen LogP contribution is 2.11. The molecule has 2 N–H and O–H groups in total. The standard InChI is InChI=1S/C16H13FN6S/c17-12-4-2-1-3-11(12)7-21-16(14-9-24-10-22-14)23-15(18)13-8-19-5-6-20-13/h1-6,8-10H,7H2,(H2,18,21,23). The van der Waals surface area contributed by atoms with E-state index in [1.807, 2.05) is 0 Å². The Hall–Kier alpha value is -3.00. The Morgan fingerprint density at radius 3 is 2.75 bits per heavy atom. The molecular weight excluding hydrogens is 327 g/mol. The van der Waals surface area contributed by atoms with Crippen molar-refractivity contribution < 1.29 is 4.39 Å². The van der Waals surface area contributed by atoms with E-state index >= 15 is 0 Å². The first-order valence-corrected chi connectivity index (χ1v) is 7.95. The summed E-state index contributed by atoms with van der Waals surface area (Å²) < 4.78 is 13.7. The highest BCUT2D eigenvalue weighted by Gasteiger charge is 2.09. The van der Waals surface area contributed by atoms with Crippen molar-refractivity contribution in [3.05, 3.63) is 76.5 Å². The lowest BCUT2D eigenvalue weighted by Gasteiger charge is -2.03. The summed E-state index contributed by atoms with van der Waals surface area (Å²) in [5.41, 5.74) is 9.12. The van der Waals surface area contributed by atoms with Crippen molar-refractivity contribution in [3.8, 4) is 0 Å². The largest absolute Gasteiger partial charge is 0.382 e. The molecule has 0 saturated carbocycles. The first kappa shape index (κ1) is 15.9. The highest BCUT2D eigenvalue weighted by atomic mass is 32.1. The van der Waals surface area contributed by atoms with Crippen molar-refractivity contribution in [2.45, 2.75) is 6.54 Å². The molecule has 0 aliphatic carbocycles. The minimum absolute atomic E-state index is 0.136. The molecule has 120 valence electrons. The van der Waals surface area contributed by atoms with Crippen LogP contribution >= 0.6 is 11.3 Å². The van der Waals surface area contributed by atoms with Crippen LogP contribution in [0.25, 0.3) is 0 Å². The van der Waals surface area contributed by atoms with Crippen LogP contribution in [0.4, 0.5) is 4.39 Å². The Kier molecular flexibility index (Phi) is 4.97. The Labute approximate surface area is 141 Å². The quantitative estimate of drug-likeness (QED) is 0.583. The van der Waals surface area contributed by atoms with E-state index in [9.17, 15) is 4.39 Å². The lowest BCUT2D eigenvalue weighted by Crippen LogP contribution is -2.18. The summed E-state index contributed by atoms with van der Waals surface area (Å²) in [5, 5.41) is 1.80.